The first kappa shape index (κ1) is 12.2. The molecule has 0 aliphatic rings. The topological polar surface area (TPSA) is 53.1 Å². The molecule has 0 spiro atoms. The summed E-state index contributed by atoms with van der Waals surface area (Å²) in [5, 5.41) is 7.87. The van der Waals surface area contributed by atoms with Crippen molar-refractivity contribution in [3.05, 3.63) is 41.1 Å². The molecule has 0 saturated carbocycles. The van der Waals surface area contributed by atoms with E-state index in [0.717, 1.165) is 12.3 Å². The minimum absolute atomic E-state index is 0.0947. The lowest BCUT2D eigenvalue weighted by atomic mass is 10.1. The van der Waals surface area contributed by atoms with Gasteiger partial charge in [-0.25, -0.2) is 22.4 Å². The predicted octanol–water partition coefficient (Wildman–Crippen LogP) is 2.82. The number of hydrogen-bond acceptors (Lipinski definition) is 1. The van der Waals surface area contributed by atoms with E-state index < -0.39 is 40.1 Å². The Hall–Kier alpha value is -2.31. The van der Waals surface area contributed by atoms with E-state index in [4.69, 9.17) is 5.11 Å². The molecule has 0 atom stereocenters. The second kappa shape index (κ2) is 4.17. The van der Waals surface area contributed by atoms with Gasteiger partial charge in [0.15, 0.2) is 23.3 Å². The van der Waals surface area contributed by atoms with Crippen molar-refractivity contribution in [2.24, 2.45) is 0 Å². The predicted molar refractivity (Wildman–Crippen MR) is 54.8 cm³/mol. The van der Waals surface area contributed by atoms with Gasteiger partial charge in [-0.05, 0) is 6.08 Å². The monoisotopic (exact) mass is 259 g/mol. The lowest BCUT2D eigenvalue weighted by Gasteiger charge is -2.00. The van der Waals surface area contributed by atoms with Gasteiger partial charge in [-0.1, -0.05) is 0 Å². The maximum Gasteiger partial charge on any atom is 0.328 e. The third kappa shape index (κ3) is 1.73. The van der Waals surface area contributed by atoms with Gasteiger partial charge in [-0.2, -0.15) is 0 Å². The van der Waals surface area contributed by atoms with Gasteiger partial charge in [0.25, 0.3) is 0 Å². The van der Waals surface area contributed by atoms with E-state index in [0.29, 0.717) is 6.08 Å². The highest BCUT2D eigenvalue weighted by Crippen LogP contribution is 2.29. The fraction of sp³-hybridized carbons (Fsp3) is 0. The Morgan fingerprint density at radius 1 is 1.11 bits per heavy atom. The number of benzene rings is 1. The zero-order valence-electron chi connectivity index (χ0n) is 8.60. The van der Waals surface area contributed by atoms with Crippen LogP contribution < -0.4 is 0 Å². The van der Waals surface area contributed by atoms with E-state index in [1.165, 1.54) is 0 Å². The van der Waals surface area contributed by atoms with Crippen molar-refractivity contribution in [2.75, 3.05) is 0 Å². The number of aromatic amines is 1. The first-order valence-electron chi connectivity index (χ1n) is 4.67. The van der Waals surface area contributed by atoms with Crippen LogP contribution in [-0.4, -0.2) is 16.1 Å². The van der Waals surface area contributed by atoms with E-state index in [2.05, 4.69) is 4.98 Å². The maximum atomic E-state index is 13.5. The molecular formula is C11H5F4NO2. The maximum absolute atomic E-state index is 13.5. The Balaban J connectivity index is 2.77. The number of rotatable bonds is 2. The Labute approximate surface area is 97.3 Å². The molecule has 2 N–H and O–H groups in total. The summed E-state index contributed by atoms with van der Waals surface area (Å²) >= 11 is 0. The summed E-state index contributed by atoms with van der Waals surface area (Å²) in [7, 11) is 0. The molecule has 2 rings (SSSR count). The minimum Gasteiger partial charge on any atom is -0.478 e. The number of halogens is 4. The summed E-state index contributed by atoms with van der Waals surface area (Å²) < 4.78 is 52.7. The molecule has 0 aliphatic heterocycles. The molecule has 2 aromatic rings. The van der Waals surface area contributed by atoms with Crippen LogP contribution in [0.2, 0.25) is 0 Å². The van der Waals surface area contributed by atoms with Crippen LogP contribution in [0.5, 0.6) is 0 Å². The summed E-state index contributed by atoms with van der Waals surface area (Å²) in [5.41, 5.74) is -0.654. The van der Waals surface area contributed by atoms with E-state index in [9.17, 15) is 22.4 Å². The molecule has 0 radical (unpaired) electrons. The molecule has 18 heavy (non-hydrogen) atoms. The number of hydrogen-bond donors (Lipinski definition) is 2. The van der Waals surface area contributed by atoms with Crippen molar-refractivity contribution >= 4 is 22.9 Å². The standard InChI is InChI=1S/C11H5F4NO2/c12-7-6-4(1-2-5(17)18)3-16-11(6)10(15)9(14)8(7)13/h1-3,16H,(H,17,18)/b2-1+. The molecule has 94 valence electrons. The number of carbonyl (C=O) groups is 1. The van der Waals surface area contributed by atoms with Gasteiger partial charge in [-0.15, -0.1) is 0 Å². The normalized spacial score (nSPS) is 11.6. The Morgan fingerprint density at radius 3 is 2.33 bits per heavy atom. The lowest BCUT2D eigenvalue weighted by molar-refractivity contribution is -0.131. The van der Waals surface area contributed by atoms with Crippen LogP contribution >= 0.6 is 0 Å². The molecule has 7 heteroatoms. The quantitative estimate of drug-likeness (QED) is 0.377. The average Bonchev–Trinajstić information content (AvgIpc) is 2.75. The smallest absolute Gasteiger partial charge is 0.328 e. The van der Waals surface area contributed by atoms with Gasteiger partial charge in [0, 0.05) is 23.2 Å². The van der Waals surface area contributed by atoms with Crippen molar-refractivity contribution in [3.8, 4) is 0 Å². The number of nitrogens with one attached hydrogen (secondary N) is 1. The number of H-pyrrole nitrogens is 1. The molecular weight excluding hydrogens is 254 g/mol. The number of fused-ring (bicyclic) bond motifs is 1. The van der Waals surface area contributed by atoms with E-state index in [1.54, 1.807) is 0 Å². The van der Waals surface area contributed by atoms with Crippen LogP contribution in [0.4, 0.5) is 17.6 Å². The second-order valence-corrected chi connectivity index (χ2v) is 3.42. The molecule has 0 bridgehead atoms. The summed E-state index contributed by atoms with van der Waals surface area (Å²) in [6.07, 6.45) is 2.66. The highest BCUT2D eigenvalue weighted by molar-refractivity contribution is 5.94. The SMILES string of the molecule is O=C(O)/C=C/c1c[nH]c2c(F)c(F)c(F)c(F)c12. The van der Waals surface area contributed by atoms with Crippen molar-refractivity contribution in [1.82, 2.24) is 4.98 Å². The Kier molecular flexibility index (Phi) is 2.82. The third-order valence-corrected chi connectivity index (χ3v) is 2.33. The summed E-state index contributed by atoms with van der Waals surface area (Å²) in [6, 6.07) is 0. The fourth-order valence-corrected chi connectivity index (χ4v) is 1.55. The Bertz CT molecular complexity index is 675. The van der Waals surface area contributed by atoms with Gasteiger partial charge in [0.2, 0.25) is 0 Å². The molecule has 0 saturated heterocycles. The largest absolute Gasteiger partial charge is 0.478 e. The van der Waals surface area contributed by atoms with Gasteiger partial charge < -0.3 is 10.1 Å². The molecule has 0 unspecified atom stereocenters. The van der Waals surface area contributed by atoms with Gasteiger partial charge in [0.1, 0.15) is 0 Å². The zero-order valence-corrected chi connectivity index (χ0v) is 8.60. The van der Waals surface area contributed by atoms with Crippen LogP contribution in [0.15, 0.2) is 12.3 Å². The summed E-state index contributed by atoms with van der Waals surface area (Å²) in [4.78, 5) is 12.5. The van der Waals surface area contributed by atoms with E-state index in [1.807, 2.05) is 0 Å². The second-order valence-electron chi connectivity index (χ2n) is 3.42. The van der Waals surface area contributed by atoms with E-state index >= 15 is 0 Å². The van der Waals surface area contributed by atoms with Crippen molar-refractivity contribution < 1.29 is 27.5 Å². The van der Waals surface area contributed by atoms with Crippen LogP contribution in [0, 0.1) is 23.3 Å². The minimum atomic E-state index is -1.94. The molecule has 0 fully saturated rings. The van der Waals surface area contributed by atoms with Crippen LogP contribution in [-0.2, 0) is 4.79 Å². The number of carboxylic acids is 1. The van der Waals surface area contributed by atoms with Gasteiger partial charge >= 0.3 is 5.97 Å². The number of aliphatic carboxylic acids is 1. The zero-order chi connectivity index (χ0) is 13.4. The fourth-order valence-electron chi connectivity index (χ4n) is 1.55. The first-order chi connectivity index (χ1) is 8.43. The van der Waals surface area contributed by atoms with Crippen molar-refractivity contribution in [2.45, 2.75) is 0 Å². The van der Waals surface area contributed by atoms with Crippen LogP contribution in [0.1, 0.15) is 5.56 Å². The Morgan fingerprint density at radius 2 is 1.72 bits per heavy atom. The third-order valence-electron chi connectivity index (χ3n) is 2.33. The van der Waals surface area contributed by atoms with Crippen molar-refractivity contribution in [3.63, 3.8) is 0 Å². The molecule has 1 aromatic heterocycles. The highest BCUT2D eigenvalue weighted by atomic mass is 19.2. The first-order valence-corrected chi connectivity index (χ1v) is 4.67. The van der Waals surface area contributed by atoms with Crippen molar-refractivity contribution in [1.29, 1.82) is 0 Å². The lowest BCUT2D eigenvalue weighted by Crippen LogP contribution is -1.97. The average molecular weight is 259 g/mol. The highest BCUT2D eigenvalue weighted by Gasteiger charge is 2.22. The number of aromatic nitrogens is 1. The molecule has 0 amide bonds. The molecule has 1 heterocycles. The molecule has 3 nitrogen and oxygen atoms in total. The summed E-state index contributed by atoms with van der Waals surface area (Å²) in [5.74, 6) is -8.30. The van der Waals surface area contributed by atoms with Gasteiger partial charge in [-0.3, -0.25) is 0 Å². The summed E-state index contributed by atoms with van der Waals surface area (Å²) in [6.45, 7) is 0. The molecule has 0 aliphatic carbocycles. The van der Waals surface area contributed by atoms with Crippen LogP contribution in [0.25, 0.3) is 17.0 Å². The van der Waals surface area contributed by atoms with Gasteiger partial charge in [0.05, 0.1) is 5.52 Å². The number of carboxylic acid groups (broad SMARTS) is 1. The van der Waals surface area contributed by atoms with Crippen LogP contribution in [0.3, 0.4) is 0 Å². The van der Waals surface area contributed by atoms with E-state index in [-0.39, 0.29) is 5.56 Å². The molecule has 1 aromatic carbocycles.